The van der Waals surface area contributed by atoms with Gasteiger partial charge in [-0.25, -0.2) is 9.78 Å². The average Bonchev–Trinajstić information content (AvgIpc) is 2.80. The van der Waals surface area contributed by atoms with E-state index in [-0.39, 0.29) is 22.8 Å². The maximum Gasteiger partial charge on any atom is 0.404 e. The van der Waals surface area contributed by atoms with Crippen molar-refractivity contribution in [2.75, 3.05) is 17.2 Å². The van der Waals surface area contributed by atoms with Crippen molar-refractivity contribution in [1.29, 1.82) is 0 Å². The number of carboxylic acid groups (broad SMARTS) is 1. The maximum absolute atomic E-state index is 13.3. The lowest BCUT2D eigenvalue weighted by Crippen LogP contribution is -2.47. The molecule has 1 heterocycles. The fourth-order valence-electron chi connectivity index (χ4n) is 8.00. The third kappa shape index (κ3) is 5.92. The van der Waals surface area contributed by atoms with Crippen molar-refractivity contribution < 1.29 is 14.7 Å². The summed E-state index contributed by atoms with van der Waals surface area (Å²) in [5.41, 5.74) is 2.86. The van der Waals surface area contributed by atoms with Crippen LogP contribution in [-0.4, -0.2) is 34.7 Å². The van der Waals surface area contributed by atoms with Gasteiger partial charge in [-0.1, -0.05) is 26.8 Å². The normalized spacial score (nSPS) is 26.8. The molecule has 4 N–H and O–H groups in total. The first-order chi connectivity index (χ1) is 18.0. The molecular formula is C31H44N4O3. The van der Waals surface area contributed by atoms with Gasteiger partial charge in [-0.3, -0.25) is 4.79 Å². The summed E-state index contributed by atoms with van der Waals surface area (Å²) in [6.07, 6.45) is 9.11. The highest BCUT2D eigenvalue weighted by Crippen LogP contribution is 2.61. The Kier molecular flexibility index (Phi) is 7.31. The van der Waals surface area contributed by atoms with Crippen molar-refractivity contribution in [1.82, 2.24) is 10.3 Å². The lowest BCUT2D eigenvalue weighted by Gasteiger charge is -2.56. The largest absolute Gasteiger partial charge is 0.465 e. The molecule has 0 spiro atoms. The summed E-state index contributed by atoms with van der Waals surface area (Å²) in [7, 11) is 0. The SMILES string of the molecule is Cc1ccc2nc(NCCCC(NC(=O)O)C(C)(C)C)ccc2c1NC(=O)CC12CC3CC(CC(C3)C1)C2. The first-order valence-electron chi connectivity index (χ1n) is 14.4. The number of hydrogen-bond donors (Lipinski definition) is 4. The second kappa shape index (κ2) is 10.4. The molecule has 4 aliphatic rings. The van der Waals surface area contributed by atoms with Crippen LogP contribution in [0.15, 0.2) is 24.3 Å². The summed E-state index contributed by atoms with van der Waals surface area (Å²) < 4.78 is 0. The van der Waals surface area contributed by atoms with E-state index in [2.05, 4.69) is 16.0 Å². The van der Waals surface area contributed by atoms with Crippen LogP contribution in [0.25, 0.3) is 10.9 Å². The number of nitrogens with one attached hydrogen (secondary N) is 3. The quantitative estimate of drug-likeness (QED) is 0.268. The zero-order chi connectivity index (χ0) is 27.1. The first kappa shape index (κ1) is 26.8. The summed E-state index contributed by atoms with van der Waals surface area (Å²) in [4.78, 5) is 29.3. The number of carbonyl (C=O) groups is 2. The van der Waals surface area contributed by atoms with E-state index in [9.17, 15) is 9.59 Å². The third-order valence-corrected chi connectivity index (χ3v) is 9.36. The molecule has 1 aromatic heterocycles. The van der Waals surface area contributed by atoms with Crippen LogP contribution in [0.1, 0.15) is 84.1 Å². The Balaban J connectivity index is 1.21. The predicted molar refractivity (Wildman–Crippen MR) is 152 cm³/mol. The first-order valence-corrected chi connectivity index (χ1v) is 14.4. The molecule has 1 atom stereocenters. The van der Waals surface area contributed by atoms with Gasteiger partial charge in [-0.15, -0.1) is 0 Å². The van der Waals surface area contributed by atoms with Crippen LogP contribution < -0.4 is 16.0 Å². The highest BCUT2D eigenvalue weighted by atomic mass is 16.4. The second-order valence-corrected chi connectivity index (χ2v) is 13.6. The zero-order valence-electron chi connectivity index (χ0n) is 23.4. The van der Waals surface area contributed by atoms with E-state index in [1.54, 1.807) is 0 Å². The van der Waals surface area contributed by atoms with Gasteiger partial charge in [-0.2, -0.15) is 0 Å². The highest BCUT2D eigenvalue weighted by molar-refractivity contribution is 6.02. The number of hydrogen-bond acceptors (Lipinski definition) is 4. The number of aromatic nitrogens is 1. The monoisotopic (exact) mass is 520 g/mol. The summed E-state index contributed by atoms with van der Waals surface area (Å²) in [5, 5.41) is 19.4. The molecule has 38 heavy (non-hydrogen) atoms. The molecular weight excluding hydrogens is 476 g/mol. The van der Waals surface area contributed by atoms with Crippen LogP contribution in [0.5, 0.6) is 0 Å². The third-order valence-electron chi connectivity index (χ3n) is 9.36. The predicted octanol–water partition coefficient (Wildman–Crippen LogP) is 6.96. The molecule has 6 rings (SSSR count). The summed E-state index contributed by atoms with van der Waals surface area (Å²) in [6.45, 7) is 8.89. The standard InChI is InChI=1S/C31H44N4O3/c1-19-7-9-24-23(8-10-26(33-24)32-11-5-6-25(30(2,3)4)34-29(37)38)28(19)35-27(36)18-31-15-20-12-21(16-31)14-22(13-20)17-31/h7-10,20-22,25,34H,5-6,11-18H2,1-4H3,(H,32,33)(H,35,36)(H,37,38). The van der Waals surface area contributed by atoms with Gasteiger partial charge in [0.1, 0.15) is 5.82 Å². The van der Waals surface area contributed by atoms with Gasteiger partial charge in [0.2, 0.25) is 5.91 Å². The van der Waals surface area contributed by atoms with Crippen LogP contribution in [0, 0.1) is 35.5 Å². The van der Waals surface area contributed by atoms with E-state index in [0.29, 0.717) is 13.0 Å². The van der Waals surface area contributed by atoms with Crippen molar-refractivity contribution in [2.45, 2.75) is 91.5 Å². The molecule has 0 saturated heterocycles. The highest BCUT2D eigenvalue weighted by Gasteiger charge is 2.51. The molecule has 2 amide bonds. The number of fused-ring (bicyclic) bond motifs is 1. The van der Waals surface area contributed by atoms with Gasteiger partial charge in [-0.05, 0) is 111 Å². The fraction of sp³-hybridized carbons (Fsp3) is 0.645. The Hall–Kier alpha value is -2.83. The van der Waals surface area contributed by atoms with Crippen LogP contribution in [0.4, 0.5) is 16.3 Å². The van der Waals surface area contributed by atoms with E-state index >= 15 is 0 Å². The van der Waals surface area contributed by atoms with E-state index < -0.39 is 6.09 Å². The summed E-state index contributed by atoms with van der Waals surface area (Å²) >= 11 is 0. The molecule has 4 aliphatic carbocycles. The average molecular weight is 521 g/mol. The van der Waals surface area contributed by atoms with Gasteiger partial charge in [0.25, 0.3) is 0 Å². The molecule has 7 nitrogen and oxygen atoms in total. The van der Waals surface area contributed by atoms with Crippen molar-refractivity contribution in [2.24, 2.45) is 28.6 Å². The molecule has 4 bridgehead atoms. The van der Waals surface area contributed by atoms with E-state index in [1.807, 2.05) is 52.0 Å². The van der Waals surface area contributed by atoms with Crippen LogP contribution in [0.3, 0.4) is 0 Å². The van der Waals surface area contributed by atoms with Crippen molar-refractivity contribution >= 4 is 34.4 Å². The number of carbonyl (C=O) groups excluding carboxylic acids is 1. The molecule has 0 radical (unpaired) electrons. The Bertz CT molecular complexity index is 1170. The number of anilines is 2. The summed E-state index contributed by atoms with van der Waals surface area (Å²) in [6, 6.07) is 7.94. The number of aryl methyl sites for hydroxylation is 1. The zero-order valence-corrected chi connectivity index (χ0v) is 23.4. The maximum atomic E-state index is 13.3. The Morgan fingerprint density at radius 1 is 1.05 bits per heavy atom. The minimum Gasteiger partial charge on any atom is -0.465 e. The molecule has 1 unspecified atom stereocenters. The molecule has 4 saturated carbocycles. The number of pyridine rings is 1. The molecule has 7 heteroatoms. The second-order valence-electron chi connectivity index (χ2n) is 13.6. The van der Waals surface area contributed by atoms with Crippen molar-refractivity contribution in [3.05, 3.63) is 29.8 Å². The number of rotatable bonds is 9. The number of nitrogens with zero attached hydrogens (tertiary/aromatic N) is 1. The molecule has 206 valence electrons. The fourth-order valence-corrected chi connectivity index (χ4v) is 8.00. The van der Waals surface area contributed by atoms with E-state index in [0.717, 1.165) is 58.6 Å². The number of benzene rings is 1. The van der Waals surface area contributed by atoms with Crippen LogP contribution in [0.2, 0.25) is 0 Å². The Morgan fingerprint density at radius 2 is 1.71 bits per heavy atom. The van der Waals surface area contributed by atoms with Crippen LogP contribution in [-0.2, 0) is 4.79 Å². The van der Waals surface area contributed by atoms with Gasteiger partial charge in [0.15, 0.2) is 0 Å². The molecule has 0 aliphatic heterocycles. The Morgan fingerprint density at radius 3 is 2.32 bits per heavy atom. The van der Waals surface area contributed by atoms with Crippen molar-refractivity contribution in [3.63, 3.8) is 0 Å². The molecule has 4 fully saturated rings. The minimum atomic E-state index is -0.981. The van der Waals surface area contributed by atoms with Gasteiger partial charge in [0.05, 0.1) is 11.2 Å². The number of amides is 2. The van der Waals surface area contributed by atoms with E-state index in [4.69, 9.17) is 10.1 Å². The molecule has 1 aromatic carbocycles. The van der Waals surface area contributed by atoms with Gasteiger partial charge >= 0.3 is 6.09 Å². The van der Waals surface area contributed by atoms with Crippen LogP contribution >= 0.6 is 0 Å². The smallest absolute Gasteiger partial charge is 0.404 e. The van der Waals surface area contributed by atoms with Gasteiger partial charge in [0, 0.05) is 24.4 Å². The molecule has 2 aromatic rings. The van der Waals surface area contributed by atoms with Gasteiger partial charge < -0.3 is 21.1 Å². The lowest BCUT2D eigenvalue weighted by atomic mass is 9.49. The summed E-state index contributed by atoms with van der Waals surface area (Å²) in [5.74, 6) is 3.46. The topological polar surface area (TPSA) is 103 Å². The Labute approximate surface area is 226 Å². The minimum absolute atomic E-state index is 0.112. The van der Waals surface area contributed by atoms with E-state index in [1.165, 1.54) is 38.5 Å². The lowest BCUT2D eigenvalue weighted by molar-refractivity contribution is -0.124. The van der Waals surface area contributed by atoms with Crippen molar-refractivity contribution in [3.8, 4) is 0 Å².